The second kappa shape index (κ2) is 7.34. The molecular formula is C29H26N2S2. The molecule has 0 radical (unpaired) electrons. The van der Waals surface area contributed by atoms with E-state index in [0.717, 1.165) is 23.2 Å². The van der Waals surface area contributed by atoms with Crippen molar-refractivity contribution in [3.8, 4) is 11.3 Å². The maximum atomic E-state index is 4.75. The first-order chi connectivity index (χ1) is 15.8. The van der Waals surface area contributed by atoms with Crippen molar-refractivity contribution in [2.75, 3.05) is 0 Å². The number of aromatic nitrogens is 2. The molecule has 0 amide bonds. The zero-order valence-electron chi connectivity index (χ0n) is 19.6. The Morgan fingerprint density at radius 2 is 1.55 bits per heavy atom. The van der Waals surface area contributed by atoms with E-state index in [2.05, 4.69) is 83.1 Å². The number of nitrogens with zero attached hydrogens (tertiary/aromatic N) is 2. The Bertz CT molecular complexity index is 1700. The number of hydrogen-bond acceptors (Lipinski definition) is 4. The average Bonchev–Trinajstić information content (AvgIpc) is 3.29. The molecule has 0 bridgehead atoms. The zero-order chi connectivity index (χ0) is 22.9. The Balaban J connectivity index is 1.55. The first-order valence-electron chi connectivity index (χ1n) is 11.4. The SMILES string of the molecule is Cc1cc2ccc(-c3ncnc4c3sc3c5cc(CC(C)(C)C)ccc5sc43)cc2cc1C. The highest BCUT2D eigenvalue weighted by atomic mass is 32.1. The van der Waals surface area contributed by atoms with Gasteiger partial charge in [0, 0.05) is 15.6 Å². The van der Waals surface area contributed by atoms with Crippen LogP contribution in [0.2, 0.25) is 0 Å². The van der Waals surface area contributed by atoms with Crippen LogP contribution in [-0.2, 0) is 6.42 Å². The number of aryl methyl sites for hydroxylation is 2. The van der Waals surface area contributed by atoms with Crippen LogP contribution >= 0.6 is 22.7 Å². The van der Waals surface area contributed by atoms with Gasteiger partial charge in [-0.1, -0.05) is 51.1 Å². The molecule has 0 atom stereocenters. The van der Waals surface area contributed by atoms with Gasteiger partial charge in [-0.25, -0.2) is 9.97 Å². The number of thiophene rings is 2. The van der Waals surface area contributed by atoms with Gasteiger partial charge in [0.25, 0.3) is 0 Å². The van der Waals surface area contributed by atoms with E-state index >= 15 is 0 Å². The van der Waals surface area contributed by atoms with Gasteiger partial charge >= 0.3 is 0 Å². The van der Waals surface area contributed by atoms with Crippen molar-refractivity contribution in [2.45, 2.75) is 41.0 Å². The van der Waals surface area contributed by atoms with E-state index in [-0.39, 0.29) is 5.41 Å². The minimum atomic E-state index is 0.272. The number of benzene rings is 3. The molecule has 164 valence electrons. The minimum Gasteiger partial charge on any atom is -0.235 e. The molecule has 0 unspecified atom stereocenters. The van der Waals surface area contributed by atoms with Gasteiger partial charge in [0.1, 0.15) is 11.8 Å². The lowest BCUT2D eigenvalue weighted by molar-refractivity contribution is 0.411. The van der Waals surface area contributed by atoms with Crippen molar-refractivity contribution in [1.29, 1.82) is 0 Å². The largest absolute Gasteiger partial charge is 0.235 e. The van der Waals surface area contributed by atoms with Crippen LogP contribution in [0.1, 0.15) is 37.5 Å². The van der Waals surface area contributed by atoms with Gasteiger partial charge in [-0.15, -0.1) is 22.7 Å². The van der Waals surface area contributed by atoms with Crippen LogP contribution in [0.5, 0.6) is 0 Å². The monoisotopic (exact) mass is 466 g/mol. The van der Waals surface area contributed by atoms with Crippen LogP contribution in [0.15, 0.2) is 54.9 Å². The van der Waals surface area contributed by atoms with Gasteiger partial charge in [-0.3, -0.25) is 0 Å². The smallest absolute Gasteiger partial charge is 0.116 e. The summed E-state index contributed by atoms with van der Waals surface area (Å²) in [5.41, 5.74) is 7.60. The summed E-state index contributed by atoms with van der Waals surface area (Å²) in [5.74, 6) is 0. The standard InChI is InChI=1S/C29H26N2S2/c1-16-10-19-7-8-20(13-21(19)11-17(16)2)24-27-25(31-15-30-24)28-26(33-27)22-12-18(14-29(3,4)5)6-9-23(22)32-28/h6-13,15H,14H2,1-5H3. The minimum absolute atomic E-state index is 0.272. The summed E-state index contributed by atoms with van der Waals surface area (Å²) < 4.78 is 5.15. The maximum Gasteiger partial charge on any atom is 0.116 e. The van der Waals surface area contributed by atoms with Crippen LogP contribution in [0, 0.1) is 19.3 Å². The van der Waals surface area contributed by atoms with E-state index in [9.17, 15) is 0 Å². The summed E-state index contributed by atoms with van der Waals surface area (Å²) in [6.07, 6.45) is 2.80. The van der Waals surface area contributed by atoms with Crippen molar-refractivity contribution < 1.29 is 0 Å². The van der Waals surface area contributed by atoms with E-state index in [1.165, 1.54) is 51.6 Å². The zero-order valence-corrected chi connectivity index (χ0v) is 21.2. The Labute approximate surface area is 201 Å². The Morgan fingerprint density at radius 1 is 0.758 bits per heavy atom. The van der Waals surface area contributed by atoms with E-state index in [4.69, 9.17) is 9.97 Å². The van der Waals surface area contributed by atoms with Crippen LogP contribution in [0.4, 0.5) is 0 Å². The fourth-order valence-electron chi connectivity index (χ4n) is 4.71. The maximum absolute atomic E-state index is 4.75. The van der Waals surface area contributed by atoms with Crippen molar-refractivity contribution in [3.63, 3.8) is 0 Å². The third kappa shape index (κ3) is 3.53. The molecule has 3 aromatic heterocycles. The summed E-state index contributed by atoms with van der Waals surface area (Å²) in [5, 5.41) is 3.89. The van der Waals surface area contributed by atoms with Gasteiger partial charge in [-0.2, -0.15) is 0 Å². The first-order valence-corrected chi connectivity index (χ1v) is 13.0. The molecule has 2 nitrogen and oxygen atoms in total. The predicted octanol–water partition coefficient (Wildman–Crippen LogP) is 9.08. The summed E-state index contributed by atoms with van der Waals surface area (Å²) >= 11 is 3.70. The average molecular weight is 467 g/mol. The molecule has 0 saturated carbocycles. The first kappa shape index (κ1) is 20.8. The van der Waals surface area contributed by atoms with Gasteiger partial charge in [0.15, 0.2) is 0 Å². The molecule has 3 aromatic carbocycles. The third-order valence-corrected chi connectivity index (χ3v) is 8.92. The summed E-state index contributed by atoms with van der Waals surface area (Å²) in [7, 11) is 0. The number of fused-ring (bicyclic) bond motifs is 6. The van der Waals surface area contributed by atoms with Gasteiger partial charge < -0.3 is 0 Å². The molecule has 0 fully saturated rings. The van der Waals surface area contributed by atoms with Crippen molar-refractivity contribution in [1.82, 2.24) is 9.97 Å². The second-order valence-corrected chi connectivity index (χ2v) is 12.4. The van der Waals surface area contributed by atoms with Crippen molar-refractivity contribution in [2.24, 2.45) is 5.41 Å². The van der Waals surface area contributed by atoms with Crippen molar-refractivity contribution in [3.05, 3.63) is 71.5 Å². The van der Waals surface area contributed by atoms with Crippen LogP contribution < -0.4 is 0 Å². The lowest BCUT2D eigenvalue weighted by atomic mass is 9.88. The molecule has 4 heteroatoms. The Kier molecular flexibility index (Phi) is 4.62. The number of hydrogen-bond donors (Lipinski definition) is 0. The summed E-state index contributed by atoms with van der Waals surface area (Å²) in [6, 6.07) is 18.2. The fraction of sp³-hybridized carbons (Fsp3) is 0.241. The molecule has 0 aliphatic heterocycles. The fourth-order valence-corrected chi connectivity index (χ4v) is 7.37. The highest BCUT2D eigenvalue weighted by Gasteiger charge is 2.19. The van der Waals surface area contributed by atoms with E-state index in [1.54, 1.807) is 6.33 Å². The molecule has 33 heavy (non-hydrogen) atoms. The molecule has 0 N–H and O–H groups in total. The third-order valence-electron chi connectivity index (χ3n) is 6.39. The van der Waals surface area contributed by atoms with Gasteiger partial charge in [0.2, 0.25) is 0 Å². The summed E-state index contributed by atoms with van der Waals surface area (Å²) in [4.78, 5) is 9.48. The highest BCUT2D eigenvalue weighted by Crippen LogP contribution is 2.46. The lowest BCUT2D eigenvalue weighted by Gasteiger charge is -2.18. The quantitative estimate of drug-likeness (QED) is 0.254. The molecule has 6 aromatic rings. The molecule has 3 heterocycles. The van der Waals surface area contributed by atoms with Crippen LogP contribution in [0.25, 0.3) is 51.7 Å². The van der Waals surface area contributed by atoms with Crippen molar-refractivity contribution >= 4 is 63.1 Å². The molecule has 0 saturated heterocycles. The second-order valence-electron chi connectivity index (χ2n) is 10.3. The van der Waals surface area contributed by atoms with E-state index in [1.807, 2.05) is 22.7 Å². The molecule has 6 rings (SSSR count). The lowest BCUT2D eigenvalue weighted by Crippen LogP contribution is -2.08. The number of rotatable bonds is 2. The molecular weight excluding hydrogens is 440 g/mol. The van der Waals surface area contributed by atoms with Gasteiger partial charge in [0.05, 0.1) is 19.8 Å². The molecule has 0 spiro atoms. The Hall–Kier alpha value is -2.82. The van der Waals surface area contributed by atoms with Gasteiger partial charge in [-0.05, 0) is 71.3 Å². The van der Waals surface area contributed by atoms with Crippen LogP contribution in [0.3, 0.4) is 0 Å². The molecule has 0 aliphatic carbocycles. The summed E-state index contributed by atoms with van der Waals surface area (Å²) in [6.45, 7) is 11.2. The van der Waals surface area contributed by atoms with Crippen LogP contribution in [-0.4, -0.2) is 9.97 Å². The normalized spacial score (nSPS) is 12.5. The van der Waals surface area contributed by atoms with E-state index < -0.39 is 0 Å². The molecule has 0 aliphatic rings. The highest BCUT2D eigenvalue weighted by molar-refractivity contribution is 7.36. The van der Waals surface area contributed by atoms with E-state index in [0.29, 0.717) is 0 Å². The predicted molar refractivity (Wildman–Crippen MR) is 146 cm³/mol. The topological polar surface area (TPSA) is 25.8 Å². The Morgan fingerprint density at radius 3 is 2.33 bits per heavy atom.